The third kappa shape index (κ3) is 5.29. The SMILES string of the molecule is CCCc1c(C(=O)NCc2cccc(NC(=O)c3cccc(F)c3)c2)[nH]c(C)c1C(C)=O. The van der Waals surface area contributed by atoms with Crippen molar-refractivity contribution in [3.05, 3.63) is 88.0 Å². The van der Waals surface area contributed by atoms with Crippen molar-refractivity contribution in [2.75, 3.05) is 5.32 Å². The van der Waals surface area contributed by atoms with E-state index in [0.717, 1.165) is 17.5 Å². The molecule has 2 amide bonds. The number of amides is 2. The molecule has 1 aromatic heterocycles. The van der Waals surface area contributed by atoms with Crippen LogP contribution < -0.4 is 10.6 Å². The summed E-state index contributed by atoms with van der Waals surface area (Å²) in [6.45, 7) is 5.52. The van der Waals surface area contributed by atoms with Crippen LogP contribution in [0.3, 0.4) is 0 Å². The monoisotopic (exact) mass is 435 g/mol. The number of ketones is 1. The number of benzene rings is 2. The summed E-state index contributed by atoms with van der Waals surface area (Å²) in [6, 6.07) is 12.5. The van der Waals surface area contributed by atoms with Gasteiger partial charge >= 0.3 is 0 Å². The Balaban J connectivity index is 1.70. The molecule has 3 rings (SSSR count). The van der Waals surface area contributed by atoms with Gasteiger partial charge in [0.2, 0.25) is 0 Å². The summed E-state index contributed by atoms with van der Waals surface area (Å²) >= 11 is 0. The Kier molecular flexibility index (Phi) is 7.20. The fourth-order valence-electron chi connectivity index (χ4n) is 3.71. The molecular formula is C25H26FN3O3. The van der Waals surface area contributed by atoms with E-state index in [1.54, 1.807) is 25.1 Å². The Morgan fingerprint density at radius 1 is 1.03 bits per heavy atom. The number of halogens is 1. The molecule has 0 saturated heterocycles. The third-order valence-electron chi connectivity index (χ3n) is 5.09. The topological polar surface area (TPSA) is 91.1 Å². The van der Waals surface area contributed by atoms with Gasteiger partial charge in [-0.2, -0.15) is 0 Å². The van der Waals surface area contributed by atoms with Gasteiger partial charge in [-0.1, -0.05) is 31.5 Å². The first-order valence-electron chi connectivity index (χ1n) is 10.5. The van der Waals surface area contributed by atoms with Crippen LogP contribution in [0.1, 0.15) is 68.3 Å². The van der Waals surface area contributed by atoms with Gasteiger partial charge in [0.15, 0.2) is 5.78 Å². The van der Waals surface area contributed by atoms with Crippen molar-refractivity contribution in [2.24, 2.45) is 0 Å². The minimum atomic E-state index is -0.482. The van der Waals surface area contributed by atoms with E-state index in [2.05, 4.69) is 15.6 Å². The number of aromatic amines is 1. The Labute approximate surface area is 186 Å². The summed E-state index contributed by atoms with van der Waals surface area (Å²) in [7, 11) is 0. The summed E-state index contributed by atoms with van der Waals surface area (Å²) in [4.78, 5) is 40.2. The second-order valence-corrected chi connectivity index (χ2v) is 7.63. The van der Waals surface area contributed by atoms with Crippen LogP contribution in [0.4, 0.5) is 10.1 Å². The minimum absolute atomic E-state index is 0.0667. The van der Waals surface area contributed by atoms with Gasteiger partial charge in [0.05, 0.1) is 0 Å². The maximum absolute atomic E-state index is 13.4. The van der Waals surface area contributed by atoms with Crippen LogP contribution in [-0.2, 0) is 13.0 Å². The number of rotatable bonds is 8. The fraction of sp³-hybridized carbons (Fsp3) is 0.240. The first-order chi connectivity index (χ1) is 15.3. The lowest BCUT2D eigenvalue weighted by Crippen LogP contribution is -2.24. The molecule has 32 heavy (non-hydrogen) atoms. The van der Waals surface area contributed by atoms with Gasteiger partial charge in [0, 0.05) is 29.1 Å². The largest absolute Gasteiger partial charge is 0.354 e. The number of H-pyrrole nitrogens is 1. The number of anilines is 1. The first-order valence-corrected chi connectivity index (χ1v) is 10.5. The first kappa shape index (κ1) is 22.9. The standard InChI is InChI=1S/C25H26FN3O3/c1-4-7-21-22(16(3)30)15(2)28-23(21)25(32)27-14-17-8-5-11-20(12-17)29-24(31)18-9-6-10-19(26)13-18/h5-6,8-13,28H,4,7,14H2,1-3H3,(H,27,32)(H,29,31). The number of carbonyl (C=O) groups is 3. The smallest absolute Gasteiger partial charge is 0.268 e. The van der Waals surface area contributed by atoms with Crippen molar-refractivity contribution in [3.8, 4) is 0 Å². The van der Waals surface area contributed by atoms with Crippen LogP contribution in [0.2, 0.25) is 0 Å². The number of carbonyl (C=O) groups excluding carboxylic acids is 3. The van der Waals surface area contributed by atoms with E-state index in [9.17, 15) is 18.8 Å². The normalized spacial score (nSPS) is 10.6. The molecule has 3 N–H and O–H groups in total. The highest BCUT2D eigenvalue weighted by Gasteiger charge is 2.22. The molecule has 0 aliphatic rings. The zero-order chi connectivity index (χ0) is 23.3. The molecule has 2 aromatic carbocycles. The van der Waals surface area contributed by atoms with E-state index >= 15 is 0 Å². The third-order valence-corrected chi connectivity index (χ3v) is 5.09. The van der Waals surface area contributed by atoms with Gasteiger partial charge in [-0.15, -0.1) is 0 Å². The van der Waals surface area contributed by atoms with Gasteiger partial charge in [0.1, 0.15) is 11.5 Å². The summed E-state index contributed by atoms with van der Waals surface area (Å²) in [5.41, 5.74) is 3.95. The Morgan fingerprint density at radius 3 is 2.47 bits per heavy atom. The lowest BCUT2D eigenvalue weighted by molar-refractivity contribution is 0.0944. The summed E-state index contributed by atoms with van der Waals surface area (Å²) in [6.07, 6.45) is 1.44. The van der Waals surface area contributed by atoms with Crippen LogP contribution in [-0.4, -0.2) is 22.6 Å². The molecule has 1 heterocycles. The molecule has 6 nitrogen and oxygen atoms in total. The lowest BCUT2D eigenvalue weighted by Gasteiger charge is -2.10. The number of Topliss-reactive ketones (excluding diaryl/α,β-unsaturated/α-hetero) is 1. The molecule has 166 valence electrons. The lowest BCUT2D eigenvalue weighted by atomic mass is 10.0. The van der Waals surface area contributed by atoms with E-state index < -0.39 is 11.7 Å². The fourth-order valence-corrected chi connectivity index (χ4v) is 3.71. The predicted octanol–water partition coefficient (Wildman–Crippen LogP) is 4.80. The molecule has 0 aliphatic carbocycles. The summed E-state index contributed by atoms with van der Waals surface area (Å²) < 4.78 is 13.4. The quantitative estimate of drug-likeness (QED) is 0.444. The molecule has 0 fully saturated rings. The summed E-state index contributed by atoms with van der Waals surface area (Å²) in [5.74, 6) is -1.27. The molecule has 7 heteroatoms. The van der Waals surface area contributed by atoms with Crippen LogP contribution in [0.5, 0.6) is 0 Å². The molecule has 3 aromatic rings. The van der Waals surface area contributed by atoms with Crippen molar-refractivity contribution in [1.29, 1.82) is 0 Å². The second kappa shape index (κ2) is 10.0. The zero-order valence-corrected chi connectivity index (χ0v) is 18.3. The van der Waals surface area contributed by atoms with Crippen molar-refractivity contribution in [2.45, 2.75) is 40.2 Å². The molecule has 0 unspecified atom stereocenters. The zero-order valence-electron chi connectivity index (χ0n) is 18.3. The average molecular weight is 435 g/mol. The highest BCUT2D eigenvalue weighted by Crippen LogP contribution is 2.22. The summed E-state index contributed by atoms with van der Waals surface area (Å²) in [5, 5.41) is 5.60. The minimum Gasteiger partial charge on any atom is -0.354 e. The van der Waals surface area contributed by atoms with Crippen molar-refractivity contribution >= 4 is 23.3 Å². The van der Waals surface area contributed by atoms with E-state index in [-0.39, 0.29) is 23.8 Å². The maximum atomic E-state index is 13.4. The molecular weight excluding hydrogens is 409 g/mol. The van der Waals surface area contributed by atoms with Crippen molar-refractivity contribution in [1.82, 2.24) is 10.3 Å². The molecule has 0 bridgehead atoms. The number of aromatic nitrogens is 1. The Hall–Kier alpha value is -3.74. The molecule has 0 spiro atoms. The number of aryl methyl sites for hydroxylation is 1. The van der Waals surface area contributed by atoms with Gasteiger partial charge in [-0.05, 0) is 61.7 Å². The van der Waals surface area contributed by atoms with Crippen molar-refractivity contribution in [3.63, 3.8) is 0 Å². The van der Waals surface area contributed by atoms with E-state index in [0.29, 0.717) is 29.1 Å². The molecule has 0 atom stereocenters. The number of hydrogen-bond acceptors (Lipinski definition) is 3. The van der Waals surface area contributed by atoms with E-state index in [1.165, 1.54) is 31.2 Å². The van der Waals surface area contributed by atoms with E-state index in [4.69, 9.17) is 0 Å². The van der Waals surface area contributed by atoms with E-state index in [1.807, 2.05) is 13.0 Å². The predicted molar refractivity (Wildman–Crippen MR) is 121 cm³/mol. The molecule has 0 aliphatic heterocycles. The van der Waals surface area contributed by atoms with Crippen LogP contribution in [0, 0.1) is 12.7 Å². The van der Waals surface area contributed by atoms with Gasteiger partial charge < -0.3 is 15.6 Å². The van der Waals surface area contributed by atoms with Crippen LogP contribution >= 0.6 is 0 Å². The Bertz CT molecular complexity index is 1170. The second-order valence-electron chi connectivity index (χ2n) is 7.63. The van der Waals surface area contributed by atoms with Crippen molar-refractivity contribution < 1.29 is 18.8 Å². The highest BCUT2D eigenvalue weighted by molar-refractivity contribution is 6.04. The van der Waals surface area contributed by atoms with Gasteiger partial charge in [-0.3, -0.25) is 14.4 Å². The molecule has 0 radical (unpaired) electrons. The van der Waals surface area contributed by atoms with Crippen LogP contribution in [0.15, 0.2) is 48.5 Å². The average Bonchev–Trinajstić information content (AvgIpc) is 3.08. The van der Waals surface area contributed by atoms with Gasteiger partial charge in [-0.25, -0.2) is 4.39 Å². The van der Waals surface area contributed by atoms with Crippen LogP contribution in [0.25, 0.3) is 0 Å². The number of hydrogen-bond donors (Lipinski definition) is 3. The number of nitrogens with one attached hydrogen (secondary N) is 3. The maximum Gasteiger partial charge on any atom is 0.268 e. The van der Waals surface area contributed by atoms with Gasteiger partial charge in [0.25, 0.3) is 11.8 Å². The Morgan fingerprint density at radius 2 is 1.78 bits per heavy atom. The highest BCUT2D eigenvalue weighted by atomic mass is 19.1. The molecule has 0 saturated carbocycles.